The average molecular weight is 478 g/mol. The van der Waals surface area contributed by atoms with Crippen molar-refractivity contribution in [3.63, 3.8) is 0 Å². The lowest BCUT2D eigenvalue weighted by Gasteiger charge is -2.24. The monoisotopic (exact) mass is 477 g/mol. The molecule has 0 spiro atoms. The summed E-state index contributed by atoms with van der Waals surface area (Å²) >= 11 is 1.00. The summed E-state index contributed by atoms with van der Waals surface area (Å²) < 4.78 is 14.6. The lowest BCUT2D eigenvalue weighted by molar-refractivity contribution is -0.120. The van der Waals surface area contributed by atoms with E-state index in [0.29, 0.717) is 46.3 Å². The van der Waals surface area contributed by atoms with E-state index in [1.807, 2.05) is 24.3 Å². The van der Waals surface area contributed by atoms with Gasteiger partial charge in [0.05, 0.1) is 23.0 Å². The van der Waals surface area contributed by atoms with E-state index >= 15 is 0 Å². The third-order valence-corrected chi connectivity index (χ3v) is 7.14. The summed E-state index contributed by atoms with van der Waals surface area (Å²) in [5.74, 6) is 0.403. The summed E-state index contributed by atoms with van der Waals surface area (Å²) in [5, 5.41) is 9.64. The van der Waals surface area contributed by atoms with Crippen LogP contribution in [0.15, 0.2) is 36.4 Å². The summed E-state index contributed by atoms with van der Waals surface area (Å²) in [4.78, 5) is 41.3. The lowest BCUT2D eigenvalue weighted by atomic mass is 10.0. The first-order valence-electron chi connectivity index (χ1n) is 10.8. The van der Waals surface area contributed by atoms with Gasteiger partial charge in [-0.2, -0.15) is 0 Å². The van der Waals surface area contributed by atoms with Crippen molar-refractivity contribution in [2.24, 2.45) is 0 Å². The van der Waals surface area contributed by atoms with Gasteiger partial charge in [-0.05, 0) is 60.3 Å². The molecule has 2 aromatic carbocycles. The SMILES string of the molecule is Cc1nnsc1C(=O)NC1CCN2C(=O)c3cc(-c4ccc5c(c4)OCO5)ccc3NC(=O)C12. The molecule has 6 rings (SSSR count). The Morgan fingerprint density at radius 2 is 1.94 bits per heavy atom. The molecular formula is C23H19N5O5S. The van der Waals surface area contributed by atoms with Gasteiger partial charge in [0.25, 0.3) is 11.8 Å². The quantitative estimate of drug-likeness (QED) is 0.593. The summed E-state index contributed by atoms with van der Waals surface area (Å²) in [6.07, 6.45) is 0.470. The van der Waals surface area contributed by atoms with E-state index in [1.165, 1.54) is 4.90 Å². The van der Waals surface area contributed by atoms with E-state index in [9.17, 15) is 14.4 Å². The van der Waals surface area contributed by atoms with Crippen molar-refractivity contribution in [3.05, 3.63) is 52.5 Å². The fourth-order valence-electron chi connectivity index (χ4n) is 4.62. The van der Waals surface area contributed by atoms with Crippen molar-refractivity contribution in [1.82, 2.24) is 19.8 Å². The topological polar surface area (TPSA) is 123 Å². The van der Waals surface area contributed by atoms with Gasteiger partial charge < -0.3 is 25.0 Å². The van der Waals surface area contributed by atoms with Gasteiger partial charge >= 0.3 is 0 Å². The predicted octanol–water partition coefficient (Wildman–Crippen LogP) is 2.21. The van der Waals surface area contributed by atoms with E-state index in [4.69, 9.17) is 9.47 Å². The van der Waals surface area contributed by atoms with Gasteiger partial charge in [0.1, 0.15) is 10.9 Å². The third kappa shape index (κ3) is 3.27. The van der Waals surface area contributed by atoms with E-state index in [-0.39, 0.29) is 24.5 Å². The lowest BCUT2D eigenvalue weighted by Crippen LogP contribution is -2.51. The van der Waals surface area contributed by atoms with Crippen LogP contribution in [-0.2, 0) is 4.79 Å². The molecule has 3 aliphatic heterocycles. The zero-order valence-corrected chi connectivity index (χ0v) is 18.8. The molecule has 0 bridgehead atoms. The van der Waals surface area contributed by atoms with E-state index in [0.717, 1.165) is 22.7 Å². The molecule has 3 aromatic rings. The number of amides is 3. The van der Waals surface area contributed by atoms with Gasteiger partial charge in [-0.15, -0.1) is 5.10 Å². The zero-order valence-electron chi connectivity index (χ0n) is 18.0. The second-order valence-electron chi connectivity index (χ2n) is 8.32. The highest BCUT2D eigenvalue weighted by Crippen LogP contribution is 2.38. The minimum Gasteiger partial charge on any atom is -0.454 e. The first-order valence-corrected chi connectivity index (χ1v) is 11.5. The first-order chi connectivity index (χ1) is 16.5. The fourth-order valence-corrected chi connectivity index (χ4v) is 5.18. The molecule has 0 aliphatic carbocycles. The molecule has 1 fully saturated rings. The smallest absolute Gasteiger partial charge is 0.265 e. The number of carbonyl (C=O) groups excluding carboxylic acids is 3. The number of anilines is 1. The molecule has 1 aromatic heterocycles. The van der Waals surface area contributed by atoms with Gasteiger partial charge in [0.15, 0.2) is 11.5 Å². The number of rotatable bonds is 3. The van der Waals surface area contributed by atoms with Crippen molar-refractivity contribution in [3.8, 4) is 22.6 Å². The number of nitrogens with one attached hydrogen (secondary N) is 2. The van der Waals surface area contributed by atoms with E-state index in [2.05, 4.69) is 20.2 Å². The fraction of sp³-hybridized carbons (Fsp3) is 0.261. The molecule has 0 saturated carbocycles. The highest BCUT2D eigenvalue weighted by molar-refractivity contribution is 7.08. The van der Waals surface area contributed by atoms with Gasteiger partial charge in [-0.25, -0.2) is 0 Å². The van der Waals surface area contributed by atoms with Crippen LogP contribution in [0.3, 0.4) is 0 Å². The average Bonchev–Trinajstić information content (AvgIpc) is 3.56. The van der Waals surface area contributed by atoms with Crippen molar-refractivity contribution in [2.45, 2.75) is 25.4 Å². The molecule has 0 radical (unpaired) electrons. The Morgan fingerprint density at radius 1 is 1.15 bits per heavy atom. The Kier molecular flexibility index (Phi) is 4.73. The van der Waals surface area contributed by atoms with Crippen LogP contribution in [0.5, 0.6) is 11.5 Å². The molecule has 172 valence electrons. The van der Waals surface area contributed by atoms with Gasteiger partial charge in [-0.1, -0.05) is 16.6 Å². The highest BCUT2D eigenvalue weighted by atomic mass is 32.1. The van der Waals surface area contributed by atoms with Crippen LogP contribution < -0.4 is 20.1 Å². The Bertz CT molecular complexity index is 1360. The number of hydrogen-bond acceptors (Lipinski definition) is 8. The minimum atomic E-state index is -0.806. The minimum absolute atomic E-state index is 0.181. The summed E-state index contributed by atoms with van der Waals surface area (Å²) in [6.45, 7) is 2.24. The summed E-state index contributed by atoms with van der Waals surface area (Å²) in [5.41, 5.74) is 3.06. The Hall–Kier alpha value is -3.99. The number of aromatic nitrogens is 2. The molecule has 34 heavy (non-hydrogen) atoms. The number of carbonyl (C=O) groups is 3. The molecule has 2 N–H and O–H groups in total. The number of nitrogens with zero attached hydrogens (tertiary/aromatic N) is 3. The number of ether oxygens (including phenoxy) is 2. The van der Waals surface area contributed by atoms with Crippen LogP contribution in [0, 0.1) is 6.92 Å². The van der Waals surface area contributed by atoms with Crippen LogP contribution in [-0.4, -0.2) is 57.6 Å². The van der Waals surface area contributed by atoms with Gasteiger partial charge in [-0.3, -0.25) is 14.4 Å². The largest absolute Gasteiger partial charge is 0.454 e. The molecule has 3 amide bonds. The van der Waals surface area contributed by atoms with Crippen molar-refractivity contribution in [1.29, 1.82) is 0 Å². The maximum Gasteiger partial charge on any atom is 0.265 e. The third-order valence-electron chi connectivity index (χ3n) is 6.32. The Morgan fingerprint density at radius 3 is 2.76 bits per heavy atom. The summed E-state index contributed by atoms with van der Waals surface area (Å²) in [7, 11) is 0. The number of fused-ring (bicyclic) bond motifs is 3. The molecular weight excluding hydrogens is 458 g/mol. The van der Waals surface area contributed by atoms with E-state index in [1.54, 1.807) is 19.1 Å². The van der Waals surface area contributed by atoms with Crippen LogP contribution in [0.2, 0.25) is 0 Å². The standard InChI is InChI=1S/C23H19N5O5S/c1-11-20(34-27-26-11)22(30)25-16-6-7-28-19(16)21(29)24-15-4-2-12(8-14(15)23(28)31)13-3-5-17-18(9-13)33-10-32-17/h2-5,8-9,16,19H,6-7,10H2,1H3,(H,24,29)(H,25,30). The highest BCUT2D eigenvalue weighted by Gasteiger charge is 2.45. The maximum atomic E-state index is 13.5. The van der Waals surface area contributed by atoms with Crippen LogP contribution in [0.4, 0.5) is 5.69 Å². The maximum absolute atomic E-state index is 13.5. The normalized spacial score (nSPS) is 20.4. The van der Waals surface area contributed by atoms with Crippen LogP contribution in [0.25, 0.3) is 11.1 Å². The van der Waals surface area contributed by atoms with Crippen molar-refractivity contribution >= 4 is 34.9 Å². The number of benzene rings is 2. The summed E-state index contributed by atoms with van der Waals surface area (Å²) in [6, 6.07) is 9.62. The Labute approximate surface area is 198 Å². The molecule has 4 heterocycles. The molecule has 3 aliphatic rings. The van der Waals surface area contributed by atoms with E-state index < -0.39 is 12.1 Å². The molecule has 2 unspecified atom stereocenters. The first kappa shape index (κ1) is 20.6. The molecule has 11 heteroatoms. The Balaban J connectivity index is 1.29. The molecule has 2 atom stereocenters. The van der Waals surface area contributed by atoms with Gasteiger partial charge in [0, 0.05) is 6.54 Å². The number of hydrogen-bond donors (Lipinski definition) is 2. The second-order valence-corrected chi connectivity index (χ2v) is 9.07. The second kappa shape index (κ2) is 7.80. The van der Waals surface area contributed by atoms with Crippen molar-refractivity contribution in [2.75, 3.05) is 18.7 Å². The van der Waals surface area contributed by atoms with Crippen molar-refractivity contribution < 1.29 is 23.9 Å². The van der Waals surface area contributed by atoms with Gasteiger partial charge in [0.2, 0.25) is 12.7 Å². The van der Waals surface area contributed by atoms with Crippen LogP contribution in [0.1, 0.15) is 32.1 Å². The molecule has 10 nitrogen and oxygen atoms in total. The predicted molar refractivity (Wildman–Crippen MR) is 122 cm³/mol. The number of aryl methyl sites for hydroxylation is 1. The van der Waals surface area contributed by atoms with Crippen LogP contribution >= 0.6 is 11.5 Å². The molecule has 1 saturated heterocycles. The zero-order chi connectivity index (χ0) is 23.4.